The zero-order chi connectivity index (χ0) is 22.2. The lowest BCUT2D eigenvalue weighted by atomic mass is 10.0. The highest BCUT2D eigenvalue weighted by Crippen LogP contribution is 2.29. The number of piperazine rings is 1. The van der Waals surface area contributed by atoms with E-state index in [0.717, 1.165) is 19.6 Å². The molecule has 0 bridgehead atoms. The van der Waals surface area contributed by atoms with Crippen molar-refractivity contribution >= 4 is 39.1 Å². The minimum Gasteiger partial charge on any atom is -0.366 e. The quantitative estimate of drug-likeness (QED) is 0.449. The topological polar surface area (TPSA) is 65.2 Å². The second-order valence-corrected chi connectivity index (χ2v) is 8.49. The fraction of sp³-hybridized carbons (Fsp3) is 0.240. The molecule has 0 saturated carbocycles. The van der Waals surface area contributed by atoms with Crippen molar-refractivity contribution in [2.24, 2.45) is 7.05 Å². The third kappa shape index (κ3) is 3.50. The molecule has 0 amide bonds. The van der Waals surface area contributed by atoms with Crippen LogP contribution in [0.3, 0.4) is 0 Å². The predicted molar refractivity (Wildman–Crippen MR) is 128 cm³/mol. The molecule has 1 aliphatic rings. The number of anilines is 1. The van der Waals surface area contributed by atoms with Crippen LogP contribution in [0.1, 0.15) is 11.1 Å². The van der Waals surface area contributed by atoms with Crippen LogP contribution in [0.4, 0.5) is 5.69 Å². The molecule has 1 aliphatic heterocycles. The maximum Gasteiger partial charge on any atom is 0.270 e. The normalized spacial score (nSPS) is 14.7. The lowest BCUT2D eigenvalue weighted by Crippen LogP contribution is -2.47. The Morgan fingerprint density at radius 3 is 2.56 bits per heavy atom. The average Bonchev–Trinajstić information content (AvgIpc) is 2.82. The van der Waals surface area contributed by atoms with E-state index >= 15 is 0 Å². The average molecular weight is 444 g/mol. The van der Waals surface area contributed by atoms with Crippen LogP contribution in [0, 0.1) is 11.3 Å². The summed E-state index contributed by atoms with van der Waals surface area (Å²) in [6, 6.07) is 20.4. The van der Waals surface area contributed by atoms with Gasteiger partial charge < -0.3 is 9.47 Å². The zero-order valence-electron chi connectivity index (χ0n) is 17.8. The molecule has 1 fully saturated rings. The summed E-state index contributed by atoms with van der Waals surface area (Å²) >= 11 is 6.17. The highest BCUT2D eigenvalue weighted by atomic mass is 35.5. The van der Waals surface area contributed by atoms with E-state index in [1.807, 2.05) is 0 Å². The molecular formula is C25H22ClN5O. The van der Waals surface area contributed by atoms with Crippen LogP contribution < -0.4 is 10.5 Å². The van der Waals surface area contributed by atoms with Crippen molar-refractivity contribution in [1.82, 2.24) is 14.5 Å². The van der Waals surface area contributed by atoms with Gasteiger partial charge >= 0.3 is 0 Å². The molecule has 2 aromatic carbocycles. The first-order valence-corrected chi connectivity index (χ1v) is 11.0. The van der Waals surface area contributed by atoms with Crippen molar-refractivity contribution in [3.63, 3.8) is 0 Å². The van der Waals surface area contributed by atoms with Crippen molar-refractivity contribution in [1.29, 1.82) is 5.26 Å². The van der Waals surface area contributed by atoms with Gasteiger partial charge in [-0.25, -0.2) is 4.98 Å². The minimum absolute atomic E-state index is 0.122. The van der Waals surface area contributed by atoms with Crippen LogP contribution >= 0.6 is 11.6 Å². The van der Waals surface area contributed by atoms with Gasteiger partial charge in [-0.15, -0.1) is 0 Å². The number of benzene rings is 2. The third-order valence-electron chi connectivity index (χ3n) is 6.26. The number of fused-ring (bicyclic) bond motifs is 2. The highest BCUT2D eigenvalue weighted by Gasteiger charge is 2.25. The monoisotopic (exact) mass is 443 g/mol. The molecule has 3 heterocycles. The van der Waals surface area contributed by atoms with Crippen LogP contribution in [0.25, 0.3) is 21.8 Å². The Morgan fingerprint density at radius 1 is 1.03 bits per heavy atom. The SMILES string of the molecule is Cn1c(=O)c(C#N)c(N2CCN(Cc3cccc4ccccc34)CC2)c2nc(Cl)ccc21. The van der Waals surface area contributed by atoms with Gasteiger partial charge in [0.15, 0.2) is 0 Å². The number of nitrogens with zero attached hydrogens (tertiary/aromatic N) is 5. The number of hydrogen-bond donors (Lipinski definition) is 0. The van der Waals surface area contributed by atoms with Gasteiger partial charge in [0.1, 0.15) is 22.3 Å². The first kappa shape index (κ1) is 20.5. The van der Waals surface area contributed by atoms with E-state index < -0.39 is 0 Å². The molecule has 0 unspecified atom stereocenters. The second-order valence-electron chi connectivity index (χ2n) is 8.10. The number of hydrogen-bond acceptors (Lipinski definition) is 5. The number of aryl methyl sites for hydroxylation is 1. The van der Waals surface area contributed by atoms with E-state index in [1.165, 1.54) is 20.9 Å². The third-order valence-corrected chi connectivity index (χ3v) is 6.47. The summed E-state index contributed by atoms with van der Waals surface area (Å²) in [7, 11) is 1.66. The summed E-state index contributed by atoms with van der Waals surface area (Å²) in [4.78, 5) is 21.8. The van der Waals surface area contributed by atoms with Gasteiger partial charge in [-0.3, -0.25) is 9.69 Å². The van der Waals surface area contributed by atoms with Crippen molar-refractivity contribution < 1.29 is 0 Å². The second kappa shape index (κ2) is 8.27. The molecule has 5 rings (SSSR count). The van der Waals surface area contributed by atoms with Gasteiger partial charge in [0.05, 0.1) is 11.2 Å². The van der Waals surface area contributed by atoms with Crippen LogP contribution in [0.5, 0.6) is 0 Å². The number of halogens is 1. The Kier molecular flexibility index (Phi) is 5.30. The lowest BCUT2D eigenvalue weighted by molar-refractivity contribution is 0.251. The molecule has 0 N–H and O–H groups in total. The largest absolute Gasteiger partial charge is 0.366 e. The molecule has 2 aromatic heterocycles. The van der Waals surface area contributed by atoms with Gasteiger partial charge in [0.2, 0.25) is 0 Å². The Labute approximate surface area is 190 Å². The summed E-state index contributed by atoms with van der Waals surface area (Å²) in [6.45, 7) is 3.92. The van der Waals surface area contributed by atoms with Gasteiger partial charge in [0, 0.05) is 39.8 Å². The molecular weight excluding hydrogens is 422 g/mol. The minimum atomic E-state index is -0.308. The maximum absolute atomic E-state index is 12.8. The number of pyridine rings is 2. The highest BCUT2D eigenvalue weighted by molar-refractivity contribution is 6.29. The first-order valence-electron chi connectivity index (χ1n) is 10.6. The Morgan fingerprint density at radius 2 is 1.78 bits per heavy atom. The number of nitriles is 1. The summed E-state index contributed by atoms with van der Waals surface area (Å²) in [5, 5.41) is 12.6. The molecule has 0 aliphatic carbocycles. The van der Waals surface area contributed by atoms with Crippen molar-refractivity contribution in [2.45, 2.75) is 6.54 Å². The van der Waals surface area contributed by atoms with E-state index in [9.17, 15) is 10.1 Å². The molecule has 0 radical (unpaired) electrons. The molecule has 4 aromatic rings. The Bertz CT molecular complexity index is 1430. The van der Waals surface area contributed by atoms with Crippen LogP contribution in [-0.2, 0) is 13.6 Å². The van der Waals surface area contributed by atoms with Gasteiger partial charge in [-0.05, 0) is 28.5 Å². The molecule has 160 valence electrons. The molecule has 1 saturated heterocycles. The molecule has 7 heteroatoms. The summed E-state index contributed by atoms with van der Waals surface area (Å²) in [5.74, 6) is 0. The van der Waals surface area contributed by atoms with Crippen LogP contribution in [0.2, 0.25) is 5.15 Å². The summed E-state index contributed by atoms with van der Waals surface area (Å²) in [6.07, 6.45) is 0. The zero-order valence-corrected chi connectivity index (χ0v) is 18.5. The molecule has 32 heavy (non-hydrogen) atoms. The first-order chi connectivity index (χ1) is 15.6. The number of aromatic nitrogens is 2. The van der Waals surface area contributed by atoms with Gasteiger partial charge in [-0.2, -0.15) is 5.26 Å². The van der Waals surface area contributed by atoms with Crippen molar-refractivity contribution in [3.8, 4) is 6.07 Å². The maximum atomic E-state index is 12.8. The van der Waals surface area contributed by atoms with E-state index in [-0.39, 0.29) is 11.1 Å². The smallest absolute Gasteiger partial charge is 0.270 e. The number of rotatable bonds is 3. The van der Waals surface area contributed by atoms with E-state index in [1.54, 1.807) is 19.2 Å². The van der Waals surface area contributed by atoms with Gasteiger partial charge in [0.25, 0.3) is 5.56 Å². The standard InChI is InChI=1S/C25H22ClN5O/c1-29-21-9-10-22(26)28-23(21)24(20(15-27)25(29)32)31-13-11-30(12-14-31)16-18-7-4-6-17-5-2-3-8-19(17)18/h2-10H,11-14,16H2,1H3. The van der Waals surface area contributed by atoms with Crippen molar-refractivity contribution in [2.75, 3.05) is 31.1 Å². The lowest BCUT2D eigenvalue weighted by Gasteiger charge is -2.37. The Hall–Kier alpha value is -3.40. The predicted octanol–water partition coefficient (Wildman–Crippen LogP) is 3.93. The van der Waals surface area contributed by atoms with Crippen molar-refractivity contribution in [3.05, 3.63) is 81.2 Å². The van der Waals surface area contributed by atoms with E-state index in [4.69, 9.17) is 11.6 Å². The van der Waals surface area contributed by atoms with E-state index in [2.05, 4.69) is 63.3 Å². The molecule has 0 atom stereocenters. The fourth-order valence-corrected chi connectivity index (χ4v) is 4.73. The molecule has 6 nitrogen and oxygen atoms in total. The van der Waals surface area contributed by atoms with E-state index in [0.29, 0.717) is 35.0 Å². The van der Waals surface area contributed by atoms with Gasteiger partial charge in [-0.1, -0.05) is 54.1 Å². The molecule has 0 spiro atoms. The Balaban J connectivity index is 1.44. The fourth-order valence-electron chi connectivity index (χ4n) is 4.58. The summed E-state index contributed by atoms with van der Waals surface area (Å²) < 4.78 is 1.47. The summed E-state index contributed by atoms with van der Waals surface area (Å²) in [5.41, 5.74) is 2.99. The van der Waals surface area contributed by atoms with Crippen LogP contribution in [0.15, 0.2) is 59.4 Å². The van der Waals surface area contributed by atoms with Crippen LogP contribution in [-0.4, -0.2) is 40.6 Å².